The molecule has 0 fully saturated rings. The molecule has 0 unspecified atom stereocenters. The van der Waals surface area contributed by atoms with Crippen LogP contribution in [0.25, 0.3) is 15.9 Å². The molecule has 4 aromatic rings. The van der Waals surface area contributed by atoms with Crippen molar-refractivity contribution in [2.24, 2.45) is 0 Å². The van der Waals surface area contributed by atoms with E-state index in [4.69, 9.17) is 9.47 Å². The van der Waals surface area contributed by atoms with Gasteiger partial charge in [-0.1, -0.05) is 29.5 Å². The van der Waals surface area contributed by atoms with Crippen LogP contribution in [0, 0.1) is 13.8 Å². The molecule has 2 heterocycles. The Morgan fingerprint density at radius 3 is 2.48 bits per heavy atom. The fourth-order valence-corrected chi connectivity index (χ4v) is 5.03. The molecule has 0 saturated heterocycles. The van der Waals surface area contributed by atoms with Gasteiger partial charge in [0, 0.05) is 23.9 Å². The molecule has 2 aromatic heterocycles. The van der Waals surface area contributed by atoms with Gasteiger partial charge in [0.05, 0.1) is 31.2 Å². The van der Waals surface area contributed by atoms with Gasteiger partial charge in [-0.15, -0.1) is 11.3 Å². The average molecular weight is 482 g/mol. The van der Waals surface area contributed by atoms with Crippen molar-refractivity contribution in [1.82, 2.24) is 9.55 Å². The summed E-state index contributed by atoms with van der Waals surface area (Å²) in [5.74, 6) is 0.991. The van der Waals surface area contributed by atoms with Crippen molar-refractivity contribution in [3.05, 3.63) is 69.3 Å². The number of carbonyl (C=O) groups is 1. The number of rotatable bonds is 7. The van der Waals surface area contributed by atoms with Gasteiger partial charge in [0.25, 0.3) is 5.56 Å². The van der Waals surface area contributed by atoms with Crippen LogP contribution >= 0.6 is 23.1 Å². The van der Waals surface area contributed by atoms with Gasteiger partial charge >= 0.3 is 0 Å². The Balaban J connectivity index is 1.64. The maximum Gasteiger partial charge on any atom is 0.276 e. The van der Waals surface area contributed by atoms with Crippen LogP contribution in [0.4, 0.5) is 5.69 Å². The zero-order chi connectivity index (χ0) is 23.5. The molecule has 9 heteroatoms. The largest absolute Gasteiger partial charge is 0.497 e. The fraction of sp³-hybridized carbons (Fsp3) is 0.208. The highest BCUT2D eigenvalue weighted by Gasteiger charge is 2.17. The number of carbonyl (C=O) groups excluding carboxylic acids is 1. The standard InChI is InChI=1S/C24H23N3O4S2/c1-14-5-6-20(15(2)9-14)27-23(29)22-19(7-8-32-22)26-24(27)33-13-21(28)25-16-10-17(30-3)12-18(11-16)31-4/h5-12H,13H2,1-4H3,(H,25,28). The van der Waals surface area contributed by atoms with E-state index in [1.165, 1.54) is 23.1 Å². The Kier molecular flexibility index (Phi) is 6.71. The topological polar surface area (TPSA) is 82.5 Å². The van der Waals surface area contributed by atoms with E-state index in [9.17, 15) is 9.59 Å². The molecule has 170 valence electrons. The van der Waals surface area contributed by atoms with E-state index in [0.717, 1.165) is 16.8 Å². The van der Waals surface area contributed by atoms with Gasteiger partial charge in [-0.3, -0.25) is 14.2 Å². The number of thioether (sulfide) groups is 1. The predicted octanol–water partition coefficient (Wildman–Crippen LogP) is 4.81. The molecule has 0 spiro atoms. The van der Waals surface area contributed by atoms with Crippen LogP contribution in [0.1, 0.15) is 11.1 Å². The van der Waals surface area contributed by atoms with Gasteiger partial charge in [-0.05, 0) is 36.9 Å². The molecule has 7 nitrogen and oxygen atoms in total. The lowest BCUT2D eigenvalue weighted by Crippen LogP contribution is -2.23. The zero-order valence-electron chi connectivity index (χ0n) is 18.7. The van der Waals surface area contributed by atoms with Crippen molar-refractivity contribution < 1.29 is 14.3 Å². The maximum absolute atomic E-state index is 13.3. The van der Waals surface area contributed by atoms with Gasteiger partial charge in [0.15, 0.2) is 5.16 Å². The predicted molar refractivity (Wildman–Crippen MR) is 134 cm³/mol. The Morgan fingerprint density at radius 2 is 1.82 bits per heavy atom. The smallest absolute Gasteiger partial charge is 0.276 e. The Labute approximate surface area is 199 Å². The third kappa shape index (κ3) is 4.89. The number of aryl methyl sites for hydroxylation is 2. The molecule has 0 bridgehead atoms. The second kappa shape index (κ2) is 9.68. The Hall–Kier alpha value is -3.30. The van der Waals surface area contributed by atoms with Crippen LogP contribution in [0.3, 0.4) is 0 Å². The van der Waals surface area contributed by atoms with Crippen molar-refractivity contribution in [3.8, 4) is 17.2 Å². The Morgan fingerprint density at radius 1 is 1.09 bits per heavy atom. The number of nitrogens with zero attached hydrogens (tertiary/aromatic N) is 2. The van der Waals surface area contributed by atoms with Gasteiger partial charge in [0.2, 0.25) is 5.91 Å². The van der Waals surface area contributed by atoms with Crippen LogP contribution in [-0.4, -0.2) is 35.4 Å². The molecule has 0 aliphatic carbocycles. The number of methoxy groups -OCH3 is 2. The average Bonchev–Trinajstić information content (AvgIpc) is 3.27. The molecule has 0 radical (unpaired) electrons. The Bertz CT molecular complexity index is 1370. The lowest BCUT2D eigenvalue weighted by atomic mass is 10.1. The molecule has 1 amide bonds. The van der Waals surface area contributed by atoms with Gasteiger partial charge in [-0.2, -0.15) is 0 Å². The van der Waals surface area contributed by atoms with Crippen molar-refractivity contribution in [3.63, 3.8) is 0 Å². The number of anilines is 1. The molecule has 2 aromatic carbocycles. The highest BCUT2D eigenvalue weighted by Crippen LogP contribution is 2.28. The maximum atomic E-state index is 13.3. The minimum atomic E-state index is -0.234. The number of aromatic nitrogens is 2. The summed E-state index contributed by atoms with van der Waals surface area (Å²) in [6, 6.07) is 12.9. The minimum absolute atomic E-state index is 0.0759. The van der Waals surface area contributed by atoms with Gasteiger partial charge < -0.3 is 14.8 Å². The first kappa shape index (κ1) is 22.9. The molecule has 33 heavy (non-hydrogen) atoms. The monoisotopic (exact) mass is 481 g/mol. The second-order valence-corrected chi connectivity index (χ2v) is 9.26. The van der Waals surface area contributed by atoms with Crippen LogP contribution in [0.15, 0.2) is 57.8 Å². The number of thiophene rings is 1. The van der Waals surface area contributed by atoms with E-state index in [0.29, 0.717) is 32.6 Å². The van der Waals surface area contributed by atoms with E-state index in [2.05, 4.69) is 10.3 Å². The minimum Gasteiger partial charge on any atom is -0.497 e. The van der Waals surface area contributed by atoms with E-state index in [-0.39, 0.29) is 17.2 Å². The molecule has 0 atom stereocenters. The summed E-state index contributed by atoms with van der Waals surface area (Å²) in [4.78, 5) is 30.7. The normalized spacial score (nSPS) is 10.9. The second-order valence-electron chi connectivity index (χ2n) is 7.40. The third-order valence-corrected chi connectivity index (χ3v) is 6.84. The first-order valence-electron chi connectivity index (χ1n) is 10.1. The van der Waals surface area contributed by atoms with Gasteiger partial charge in [0.1, 0.15) is 16.2 Å². The van der Waals surface area contributed by atoms with Crippen LogP contribution in [-0.2, 0) is 4.79 Å². The molecule has 0 saturated carbocycles. The van der Waals surface area contributed by atoms with Crippen molar-refractivity contribution >= 4 is 44.9 Å². The first-order chi connectivity index (χ1) is 15.9. The fourth-order valence-electron chi connectivity index (χ4n) is 3.46. The van der Waals surface area contributed by atoms with Crippen molar-refractivity contribution in [1.29, 1.82) is 0 Å². The first-order valence-corrected chi connectivity index (χ1v) is 12.0. The van der Waals surface area contributed by atoms with Crippen LogP contribution in [0.2, 0.25) is 0 Å². The van der Waals surface area contributed by atoms with Crippen molar-refractivity contribution in [2.75, 3.05) is 25.3 Å². The molecular formula is C24H23N3O4S2. The number of hydrogen-bond donors (Lipinski definition) is 1. The van der Waals surface area contributed by atoms with Crippen LogP contribution in [0.5, 0.6) is 11.5 Å². The van der Waals surface area contributed by atoms with E-state index >= 15 is 0 Å². The third-order valence-electron chi connectivity index (χ3n) is 5.01. The number of amides is 1. The SMILES string of the molecule is COc1cc(NC(=O)CSc2nc3ccsc3c(=O)n2-c2ccc(C)cc2C)cc(OC)c1. The zero-order valence-corrected chi connectivity index (χ0v) is 20.3. The van der Waals surface area contributed by atoms with Gasteiger partial charge in [-0.25, -0.2) is 4.98 Å². The molecule has 4 rings (SSSR count). The highest BCUT2D eigenvalue weighted by molar-refractivity contribution is 7.99. The summed E-state index contributed by atoms with van der Waals surface area (Å²) in [6.07, 6.45) is 0. The number of nitrogens with one attached hydrogen (secondary N) is 1. The van der Waals surface area contributed by atoms with Crippen LogP contribution < -0.4 is 20.3 Å². The summed E-state index contributed by atoms with van der Waals surface area (Å²) in [5.41, 5.74) is 3.88. The molecule has 0 aliphatic rings. The summed E-state index contributed by atoms with van der Waals surface area (Å²) < 4.78 is 12.7. The number of fused-ring (bicyclic) bond motifs is 1. The quantitative estimate of drug-likeness (QED) is 0.301. The van der Waals surface area contributed by atoms with Crippen molar-refractivity contribution in [2.45, 2.75) is 19.0 Å². The van der Waals surface area contributed by atoms with E-state index in [1.54, 1.807) is 37.0 Å². The summed E-state index contributed by atoms with van der Waals surface area (Å²) in [7, 11) is 3.10. The summed E-state index contributed by atoms with van der Waals surface area (Å²) >= 11 is 2.58. The summed E-state index contributed by atoms with van der Waals surface area (Å²) in [6.45, 7) is 3.97. The number of hydrogen-bond acceptors (Lipinski definition) is 7. The molecular weight excluding hydrogens is 458 g/mol. The number of benzene rings is 2. The van der Waals surface area contributed by atoms with E-state index in [1.807, 2.05) is 43.5 Å². The summed E-state index contributed by atoms with van der Waals surface area (Å²) in [5, 5.41) is 5.17. The van der Waals surface area contributed by atoms with E-state index < -0.39 is 0 Å². The highest BCUT2D eigenvalue weighted by atomic mass is 32.2. The molecule has 1 N–H and O–H groups in total. The number of ether oxygens (including phenoxy) is 2. The molecule has 0 aliphatic heterocycles. The lowest BCUT2D eigenvalue weighted by Gasteiger charge is -2.15. The lowest BCUT2D eigenvalue weighted by molar-refractivity contribution is -0.113.